The van der Waals surface area contributed by atoms with Crippen LogP contribution in [-0.2, 0) is 16.7 Å². The van der Waals surface area contributed by atoms with Gasteiger partial charge in [-0.2, -0.15) is 0 Å². The molecule has 0 radical (unpaired) electrons. The van der Waals surface area contributed by atoms with E-state index in [-0.39, 0.29) is 5.41 Å². The summed E-state index contributed by atoms with van der Waals surface area (Å²) in [6.45, 7) is 14.1. The van der Waals surface area contributed by atoms with Gasteiger partial charge in [-0.15, -0.1) is 0 Å². The molecule has 0 bridgehead atoms. The molecule has 1 aliphatic rings. The van der Waals surface area contributed by atoms with Crippen molar-refractivity contribution in [2.75, 3.05) is 37.7 Å². The predicted octanol–water partition coefficient (Wildman–Crippen LogP) is 2.33. The lowest BCUT2D eigenvalue weighted by Gasteiger charge is -2.30. The third kappa shape index (κ3) is 3.93. The number of aromatic nitrogens is 1. The normalized spacial score (nSPS) is 16.5. The van der Waals surface area contributed by atoms with Crippen molar-refractivity contribution in [2.24, 2.45) is 0 Å². The van der Waals surface area contributed by atoms with E-state index >= 15 is 0 Å². The Morgan fingerprint density at radius 2 is 1.95 bits per heavy atom. The minimum Gasteiger partial charge on any atom is -0.378 e. The van der Waals surface area contributed by atoms with Crippen molar-refractivity contribution in [1.29, 1.82) is 0 Å². The highest BCUT2D eigenvalue weighted by Gasteiger charge is 2.20. The van der Waals surface area contributed by atoms with Crippen molar-refractivity contribution in [1.82, 2.24) is 10.3 Å². The molecule has 1 N–H and O–H groups in total. The highest BCUT2D eigenvalue weighted by Crippen LogP contribution is 2.25. The van der Waals surface area contributed by atoms with E-state index in [1.165, 1.54) is 5.56 Å². The van der Waals surface area contributed by atoms with Gasteiger partial charge in [0.1, 0.15) is 5.82 Å². The third-order valence-corrected chi connectivity index (χ3v) is 3.55. The van der Waals surface area contributed by atoms with Crippen LogP contribution in [0.1, 0.15) is 39.0 Å². The van der Waals surface area contributed by atoms with Gasteiger partial charge >= 0.3 is 0 Å². The summed E-state index contributed by atoms with van der Waals surface area (Å²) < 4.78 is 5.43. The number of hydrogen-bond acceptors (Lipinski definition) is 4. The summed E-state index contributed by atoms with van der Waals surface area (Å²) in [5.41, 5.74) is 2.55. The van der Waals surface area contributed by atoms with Crippen LogP contribution in [0.2, 0.25) is 0 Å². The van der Waals surface area contributed by atoms with E-state index in [4.69, 9.17) is 9.72 Å². The van der Waals surface area contributed by atoms with E-state index in [2.05, 4.69) is 50.0 Å². The van der Waals surface area contributed by atoms with E-state index in [0.717, 1.165) is 50.9 Å². The molecule has 20 heavy (non-hydrogen) atoms. The largest absolute Gasteiger partial charge is 0.378 e. The number of nitrogens with zero attached hydrogens (tertiary/aromatic N) is 2. The van der Waals surface area contributed by atoms with Crippen molar-refractivity contribution in [3.63, 3.8) is 0 Å². The maximum atomic E-state index is 5.43. The monoisotopic (exact) mass is 277 g/mol. The Morgan fingerprint density at radius 1 is 1.25 bits per heavy atom. The van der Waals surface area contributed by atoms with Crippen LogP contribution >= 0.6 is 0 Å². The zero-order valence-corrected chi connectivity index (χ0v) is 13.2. The maximum absolute atomic E-state index is 5.43. The Kier molecular flexibility index (Phi) is 5.00. The molecule has 0 atom stereocenters. The molecule has 0 saturated carbocycles. The molecule has 0 aliphatic carbocycles. The van der Waals surface area contributed by atoms with Crippen LogP contribution < -0.4 is 10.2 Å². The standard InChI is InChI=1S/C16H27N3O/c1-5-17-12-13-10-14(16(2,3)4)18-15(11-13)19-6-8-20-9-7-19/h10-11,17H,5-9,12H2,1-4H3. The second-order valence-corrected chi connectivity index (χ2v) is 6.35. The topological polar surface area (TPSA) is 37.4 Å². The molecule has 1 aromatic rings. The first-order chi connectivity index (χ1) is 9.50. The molecule has 0 spiro atoms. The van der Waals surface area contributed by atoms with Crippen molar-refractivity contribution in [3.05, 3.63) is 23.4 Å². The SMILES string of the molecule is CCNCc1cc(N2CCOCC2)nc(C(C)(C)C)c1. The molecule has 4 heteroatoms. The summed E-state index contributed by atoms with van der Waals surface area (Å²) in [6.07, 6.45) is 0. The first-order valence-corrected chi connectivity index (χ1v) is 7.55. The number of nitrogens with one attached hydrogen (secondary N) is 1. The minimum atomic E-state index is 0.0727. The van der Waals surface area contributed by atoms with Crippen LogP contribution in [0, 0.1) is 0 Å². The second kappa shape index (κ2) is 6.55. The lowest BCUT2D eigenvalue weighted by molar-refractivity contribution is 0.122. The predicted molar refractivity (Wildman–Crippen MR) is 83.3 cm³/mol. The molecule has 2 rings (SSSR count). The first-order valence-electron chi connectivity index (χ1n) is 7.55. The Bertz CT molecular complexity index is 434. The Morgan fingerprint density at radius 3 is 2.55 bits per heavy atom. The van der Waals surface area contributed by atoms with Crippen LogP contribution in [0.5, 0.6) is 0 Å². The van der Waals surface area contributed by atoms with Gasteiger partial charge in [0.15, 0.2) is 0 Å². The van der Waals surface area contributed by atoms with E-state index < -0.39 is 0 Å². The first kappa shape index (κ1) is 15.3. The van der Waals surface area contributed by atoms with E-state index in [0.29, 0.717) is 0 Å². The lowest BCUT2D eigenvalue weighted by atomic mass is 9.90. The fraction of sp³-hybridized carbons (Fsp3) is 0.688. The minimum absolute atomic E-state index is 0.0727. The Hall–Kier alpha value is -1.13. The number of ether oxygens (including phenoxy) is 1. The van der Waals surface area contributed by atoms with Crippen LogP contribution in [0.4, 0.5) is 5.82 Å². The molecule has 0 unspecified atom stereocenters. The number of anilines is 1. The molecular formula is C16H27N3O. The van der Waals surface area contributed by atoms with Gasteiger partial charge in [0.25, 0.3) is 0 Å². The van der Waals surface area contributed by atoms with Gasteiger partial charge in [0.2, 0.25) is 0 Å². The van der Waals surface area contributed by atoms with E-state index in [1.54, 1.807) is 0 Å². The highest BCUT2D eigenvalue weighted by molar-refractivity contribution is 5.44. The second-order valence-electron chi connectivity index (χ2n) is 6.35. The van der Waals surface area contributed by atoms with Gasteiger partial charge in [-0.25, -0.2) is 4.98 Å². The van der Waals surface area contributed by atoms with Gasteiger partial charge in [-0.05, 0) is 24.2 Å². The molecule has 4 nitrogen and oxygen atoms in total. The zero-order valence-electron chi connectivity index (χ0n) is 13.2. The lowest BCUT2D eigenvalue weighted by Crippen LogP contribution is -2.37. The van der Waals surface area contributed by atoms with Crippen LogP contribution in [0.15, 0.2) is 12.1 Å². The molecular weight excluding hydrogens is 250 g/mol. The maximum Gasteiger partial charge on any atom is 0.129 e. The molecule has 0 aromatic carbocycles. The molecule has 1 fully saturated rings. The van der Waals surface area contributed by atoms with Crippen molar-refractivity contribution in [2.45, 2.75) is 39.7 Å². The Balaban J connectivity index is 2.29. The van der Waals surface area contributed by atoms with Crippen molar-refractivity contribution >= 4 is 5.82 Å². The summed E-state index contributed by atoms with van der Waals surface area (Å²) in [7, 11) is 0. The highest BCUT2D eigenvalue weighted by atomic mass is 16.5. The summed E-state index contributed by atoms with van der Waals surface area (Å²) in [5.74, 6) is 1.09. The molecule has 1 aliphatic heterocycles. The number of hydrogen-bond donors (Lipinski definition) is 1. The zero-order chi connectivity index (χ0) is 14.6. The van der Waals surface area contributed by atoms with Gasteiger partial charge in [-0.3, -0.25) is 0 Å². The van der Waals surface area contributed by atoms with Crippen LogP contribution in [0.3, 0.4) is 0 Å². The number of rotatable bonds is 4. The average molecular weight is 277 g/mol. The molecule has 1 saturated heterocycles. The number of morpholine rings is 1. The molecule has 0 amide bonds. The number of pyridine rings is 1. The fourth-order valence-electron chi connectivity index (χ4n) is 2.28. The van der Waals surface area contributed by atoms with Crippen LogP contribution in [0.25, 0.3) is 0 Å². The summed E-state index contributed by atoms with van der Waals surface area (Å²) in [5, 5.41) is 3.40. The van der Waals surface area contributed by atoms with E-state index in [9.17, 15) is 0 Å². The van der Waals surface area contributed by atoms with Crippen molar-refractivity contribution < 1.29 is 4.74 Å². The van der Waals surface area contributed by atoms with Crippen LogP contribution in [-0.4, -0.2) is 37.8 Å². The summed E-state index contributed by atoms with van der Waals surface area (Å²) in [4.78, 5) is 7.21. The van der Waals surface area contributed by atoms with Crippen molar-refractivity contribution in [3.8, 4) is 0 Å². The van der Waals surface area contributed by atoms with Gasteiger partial charge < -0.3 is 15.0 Å². The summed E-state index contributed by atoms with van der Waals surface area (Å²) in [6, 6.07) is 4.44. The van der Waals surface area contributed by atoms with Gasteiger partial charge in [-0.1, -0.05) is 27.7 Å². The summed E-state index contributed by atoms with van der Waals surface area (Å²) >= 11 is 0. The third-order valence-electron chi connectivity index (χ3n) is 3.55. The van der Waals surface area contributed by atoms with Gasteiger partial charge in [0.05, 0.1) is 13.2 Å². The molecule has 1 aromatic heterocycles. The fourth-order valence-corrected chi connectivity index (χ4v) is 2.28. The molecule has 2 heterocycles. The molecule has 112 valence electrons. The average Bonchev–Trinajstić information content (AvgIpc) is 2.45. The Labute approximate surface area is 122 Å². The van der Waals surface area contributed by atoms with E-state index in [1.807, 2.05) is 0 Å². The quantitative estimate of drug-likeness (QED) is 0.916. The smallest absolute Gasteiger partial charge is 0.129 e. The van der Waals surface area contributed by atoms with Gasteiger partial charge in [0, 0.05) is 30.7 Å².